The molecule has 3 aliphatic rings. The smallest absolute Gasteiger partial charge is 0.282 e. The van der Waals surface area contributed by atoms with Crippen LogP contribution in [0.25, 0.3) is 0 Å². The monoisotopic (exact) mass is 407 g/mol. The van der Waals surface area contributed by atoms with Crippen LogP contribution in [0.4, 0.5) is 5.69 Å². The second-order valence-corrected chi connectivity index (χ2v) is 9.32. The van der Waals surface area contributed by atoms with Gasteiger partial charge in [0.15, 0.2) is 6.54 Å². The van der Waals surface area contributed by atoms with Crippen LogP contribution in [-0.2, 0) is 4.79 Å². The summed E-state index contributed by atoms with van der Waals surface area (Å²) in [5.41, 5.74) is 1.79. The van der Waals surface area contributed by atoms with E-state index < -0.39 is 0 Å². The van der Waals surface area contributed by atoms with Gasteiger partial charge in [-0.25, -0.2) is 0 Å². The molecule has 5 rings (SSSR count). The summed E-state index contributed by atoms with van der Waals surface area (Å²) in [7, 11) is 0. The minimum Gasteiger partial charge on any atom is -0.305 e. The van der Waals surface area contributed by atoms with Gasteiger partial charge in [0.25, 0.3) is 5.91 Å². The van der Waals surface area contributed by atoms with Gasteiger partial charge in [0.1, 0.15) is 45.8 Å². The Morgan fingerprint density at radius 1 is 0.767 bits per heavy atom. The third kappa shape index (κ3) is 4.18. The molecule has 0 aromatic heterocycles. The molecule has 0 unspecified atom stereocenters. The fourth-order valence-corrected chi connectivity index (χ4v) is 5.12. The maximum Gasteiger partial charge on any atom is 0.282 e. The quantitative estimate of drug-likeness (QED) is 0.523. The number of nitrogens with zero attached hydrogens (tertiary/aromatic N) is 3. The standard InChI is InChI=1S/C25H33N3O2/c1-21(2)26(23-11-7-4-8-12-23)25(30)20-28-16-13-27(14-17-28,15-18-28)19-24(29)22-9-5-3-6-10-22/h3-12,21H,13-20H2,1-2H3/q+2. The van der Waals surface area contributed by atoms with Gasteiger partial charge in [0.2, 0.25) is 5.78 Å². The molecule has 158 valence electrons. The number of hydrogen-bond donors (Lipinski definition) is 0. The zero-order chi connectivity index (χ0) is 21.2. The number of carbonyl (C=O) groups is 2. The van der Waals surface area contributed by atoms with E-state index in [0.29, 0.717) is 13.1 Å². The molecule has 3 heterocycles. The van der Waals surface area contributed by atoms with E-state index in [9.17, 15) is 9.59 Å². The van der Waals surface area contributed by atoms with Crippen molar-refractivity contribution in [1.29, 1.82) is 0 Å². The first-order valence-corrected chi connectivity index (χ1v) is 11.1. The van der Waals surface area contributed by atoms with Gasteiger partial charge in [0, 0.05) is 17.3 Å². The number of carbonyl (C=O) groups excluding carboxylic acids is 2. The largest absolute Gasteiger partial charge is 0.305 e. The Labute approximate surface area is 179 Å². The van der Waals surface area contributed by atoms with Crippen LogP contribution < -0.4 is 4.90 Å². The molecule has 5 nitrogen and oxygen atoms in total. The number of amides is 1. The number of ketones is 1. The summed E-state index contributed by atoms with van der Waals surface area (Å²) in [6, 6.07) is 19.8. The predicted molar refractivity (Wildman–Crippen MR) is 119 cm³/mol. The van der Waals surface area contributed by atoms with Crippen LogP contribution in [0, 0.1) is 0 Å². The Bertz CT molecular complexity index is 871. The number of fused-ring (bicyclic) bond motifs is 3. The molecule has 0 N–H and O–H groups in total. The van der Waals surface area contributed by atoms with Crippen molar-refractivity contribution in [3.63, 3.8) is 0 Å². The first-order valence-electron chi connectivity index (χ1n) is 11.1. The summed E-state index contributed by atoms with van der Waals surface area (Å²) in [5.74, 6) is 0.446. The first kappa shape index (κ1) is 20.8. The van der Waals surface area contributed by atoms with Crippen molar-refractivity contribution in [2.75, 3.05) is 57.3 Å². The molecule has 3 saturated heterocycles. The lowest BCUT2D eigenvalue weighted by molar-refractivity contribution is -1.07. The second kappa shape index (κ2) is 8.32. The lowest BCUT2D eigenvalue weighted by atomic mass is 10.0. The zero-order valence-corrected chi connectivity index (χ0v) is 18.2. The molecule has 2 aromatic carbocycles. The highest BCUT2D eigenvalue weighted by Crippen LogP contribution is 2.28. The van der Waals surface area contributed by atoms with Crippen molar-refractivity contribution >= 4 is 17.4 Å². The maximum absolute atomic E-state index is 13.3. The molecule has 0 aliphatic carbocycles. The molecule has 30 heavy (non-hydrogen) atoms. The van der Waals surface area contributed by atoms with Crippen LogP contribution in [0.2, 0.25) is 0 Å². The van der Waals surface area contributed by atoms with Gasteiger partial charge < -0.3 is 13.9 Å². The van der Waals surface area contributed by atoms with Crippen molar-refractivity contribution < 1.29 is 18.6 Å². The molecule has 1 amide bonds. The summed E-state index contributed by atoms with van der Waals surface area (Å²) in [6.45, 7) is 11.2. The van der Waals surface area contributed by atoms with Crippen molar-refractivity contribution in [3.05, 3.63) is 66.2 Å². The average Bonchev–Trinajstić information content (AvgIpc) is 2.76. The summed E-state index contributed by atoms with van der Waals surface area (Å²) >= 11 is 0. The number of quaternary nitrogens is 2. The van der Waals surface area contributed by atoms with Crippen LogP contribution in [0.1, 0.15) is 24.2 Å². The molecule has 2 bridgehead atoms. The van der Waals surface area contributed by atoms with E-state index >= 15 is 0 Å². The van der Waals surface area contributed by atoms with E-state index in [1.54, 1.807) is 0 Å². The van der Waals surface area contributed by atoms with Crippen molar-refractivity contribution in [3.8, 4) is 0 Å². The zero-order valence-electron chi connectivity index (χ0n) is 18.2. The van der Waals surface area contributed by atoms with Gasteiger partial charge in [-0.05, 0) is 26.0 Å². The summed E-state index contributed by atoms with van der Waals surface area (Å²) in [6.07, 6.45) is 0. The molecule has 2 aromatic rings. The van der Waals surface area contributed by atoms with Gasteiger partial charge in [-0.15, -0.1) is 0 Å². The number of para-hydroxylation sites is 1. The summed E-state index contributed by atoms with van der Waals surface area (Å²) < 4.78 is 1.75. The lowest BCUT2D eigenvalue weighted by Gasteiger charge is -2.55. The molecule has 0 radical (unpaired) electrons. The SMILES string of the molecule is CC(C)N(C(=O)C[N+]12CC[N+](CC(=O)c3ccccc3)(CC1)CC2)c1ccccc1. The van der Waals surface area contributed by atoms with E-state index in [1.807, 2.05) is 65.6 Å². The van der Waals surface area contributed by atoms with Gasteiger partial charge in [-0.1, -0.05) is 48.5 Å². The molecular formula is C25H33N3O2+2. The first-order chi connectivity index (χ1) is 14.4. The van der Waals surface area contributed by atoms with Crippen LogP contribution >= 0.6 is 0 Å². The maximum atomic E-state index is 13.3. The van der Waals surface area contributed by atoms with Crippen molar-refractivity contribution in [2.45, 2.75) is 19.9 Å². The summed E-state index contributed by atoms with van der Waals surface area (Å²) in [4.78, 5) is 28.1. The predicted octanol–water partition coefficient (Wildman–Crippen LogP) is 2.97. The van der Waals surface area contributed by atoms with E-state index in [2.05, 4.69) is 13.8 Å². The molecule has 0 saturated carbocycles. The van der Waals surface area contributed by atoms with E-state index in [4.69, 9.17) is 0 Å². The van der Waals surface area contributed by atoms with Crippen LogP contribution in [-0.4, -0.2) is 79.1 Å². The fraction of sp³-hybridized carbons (Fsp3) is 0.440. The highest BCUT2D eigenvalue weighted by atomic mass is 16.2. The number of Topliss-reactive ketones (excluding diaryl/α,β-unsaturated/α-hetero) is 1. The molecule has 5 heteroatoms. The lowest BCUT2D eigenvalue weighted by Crippen LogP contribution is -2.76. The number of hydrogen-bond acceptors (Lipinski definition) is 2. The Kier molecular flexibility index (Phi) is 5.76. The van der Waals surface area contributed by atoms with E-state index in [1.165, 1.54) is 0 Å². The highest BCUT2D eigenvalue weighted by Gasteiger charge is 2.51. The van der Waals surface area contributed by atoms with Gasteiger partial charge in [-0.3, -0.25) is 9.59 Å². The number of rotatable bonds is 7. The Morgan fingerprint density at radius 2 is 1.23 bits per heavy atom. The van der Waals surface area contributed by atoms with Crippen LogP contribution in [0.5, 0.6) is 0 Å². The van der Waals surface area contributed by atoms with Gasteiger partial charge in [-0.2, -0.15) is 0 Å². The minimum absolute atomic E-state index is 0.131. The number of anilines is 1. The molecule has 0 atom stereocenters. The Hall–Kier alpha value is -2.50. The van der Waals surface area contributed by atoms with Crippen LogP contribution in [0.3, 0.4) is 0 Å². The minimum atomic E-state index is 0.131. The highest BCUT2D eigenvalue weighted by molar-refractivity contribution is 5.97. The van der Waals surface area contributed by atoms with Crippen molar-refractivity contribution in [2.24, 2.45) is 0 Å². The molecule has 0 spiro atoms. The summed E-state index contributed by atoms with van der Waals surface area (Å²) in [5, 5.41) is 0. The third-order valence-corrected chi connectivity index (χ3v) is 7.01. The molecular weight excluding hydrogens is 374 g/mol. The second-order valence-electron chi connectivity index (χ2n) is 9.32. The number of piperazine rings is 3. The Morgan fingerprint density at radius 3 is 1.73 bits per heavy atom. The molecule has 3 fully saturated rings. The molecule has 3 aliphatic heterocycles. The topological polar surface area (TPSA) is 37.4 Å². The third-order valence-electron chi connectivity index (χ3n) is 7.01. The normalized spacial score (nSPS) is 25.3. The van der Waals surface area contributed by atoms with Gasteiger partial charge in [0.05, 0.1) is 0 Å². The van der Waals surface area contributed by atoms with E-state index in [0.717, 1.165) is 59.5 Å². The Balaban J connectivity index is 1.41. The van der Waals surface area contributed by atoms with Crippen molar-refractivity contribution in [1.82, 2.24) is 0 Å². The average molecular weight is 408 g/mol. The fourth-order valence-electron chi connectivity index (χ4n) is 5.12. The number of benzene rings is 2. The van der Waals surface area contributed by atoms with E-state index in [-0.39, 0.29) is 17.7 Å². The van der Waals surface area contributed by atoms with Gasteiger partial charge >= 0.3 is 0 Å². The van der Waals surface area contributed by atoms with Crippen LogP contribution in [0.15, 0.2) is 60.7 Å².